The third-order valence-corrected chi connectivity index (χ3v) is 1.47. The fraction of sp³-hybridized carbons (Fsp3) is 0.667. The Morgan fingerprint density at radius 2 is 2.17 bits per heavy atom. The van der Waals surface area contributed by atoms with E-state index in [0.29, 0.717) is 0 Å². The molecule has 0 saturated heterocycles. The second-order valence-corrected chi connectivity index (χ2v) is 4.53. The zero-order chi connectivity index (χ0) is 8.53. The first-order valence-corrected chi connectivity index (χ1v) is 5.58. The van der Waals surface area contributed by atoms with Crippen molar-refractivity contribution in [3.63, 3.8) is 0 Å². The fourth-order valence-corrected chi connectivity index (χ4v) is 0.924. The Labute approximate surface area is 89.7 Å². The monoisotopic (exact) mass is 371 g/mol. The molecule has 0 bridgehead atoms. The van der Waals surface area contributed by atoms with E-state index in [2.05, 4.69) is 28.7 Å². The molecule has 74 valence electrons. The van der Waals surface area contributed by atoms with Crippen molar-refractivity contribution in [1.29, 1.82) is 0 Å². The molecule has 1 aromatic rings. The van der Waals surface area contributed by atoms with Crippen molar-refractivity contribution in [2.75, 3.05) is 26.8 Å². The molecule has 0 aromatic carbocycles. The quantitative estimate of drug-likeness (QED) is 0.569. The van der Waals surface area contributed by atoms with Crippen LogP contribution in [-0.2, 0) is 27.1 Å². The van der Waals surface area contributed by atoms with Gasteiger partial charge in [-0.05, 0) is 13.3 Å². The fourth-order valence-electron chi connectivity index (χ4n) is 0.407. The van der Waals surface area contributed by atoms with Gasteiger partial charge in [-0.2, -0.15) is 0 Å². The zero-order valence-corrected chi connectivity index (χ0v) is 10.4. The molecule has 1 heterocycles. The zero-order valence-electron chi connectivity index (χ0n) is 7.36. The third kappa shape index (κ3) is 12.9. The van der Waals surface area contributed by atoms with E-state index in [0.717, 1.165) is 6.35 Å². The van der Waals surface area contributed by atoms with Crippen molar-refractivity contribution in [1.82, 2.24) is 15.4 Å². The molecule has 0 aliphatic carbocycles. The minimum absolute atomic E-state index is 0. The molecule has 6 heteroatoms. The van der Waals surface area contributed by atoms with Crippen molar-refractivity contribution < 1.29 is 27.1 Å². The van der Waals surface area contributed by atoms with Crippen molar-refractivity contribution in [3.8, 4) is 0 Å². The molecule has 4 nitrogen and oxygen atoms in total. The maximum Gasteiger partial charge on any atom is 1.00 e. The van der Waals surface area contributed by atoms with Crippen molar-refractivity contribution in [2.24, 2.45) is 0 Å². The Kier molecular flexibility index (Phi) is 13.9. The summed E-state index contributed by atoms with van der Waals surface area (Å²) in [6.45, 7) is 4.39. The van der Waals surface area contributed by atoms with Crippen LogP contribution in [0.3, 0.4) is 0 Å². The predicted molar refractivity (Wildman–Crippen MR) is 46.0 cm³/mol. The van der Waals surface area contributed by atoms with E-state index in [4.69, 9.17) is 4.74 Å². The summed E-state index contributed by atoms with van der Waals surface area (Å²) in [4.78, 5) is 0. The SMILES string of the molecule is COCP(C)C.[Au+].c1c[n-]nn1. The van der Waals surface area contributed by atoms with E-state index in [9.17, 15) is 0 Å². The standard InChI is InChI=1S/C4H11OP.C2H2N3.Au/c1-5-4-6(2)3;1-2-4-5-3-1;/h4H2,1-3H3;1-2H;/q;-1;+1. The second kappa shape index (κ2) is 11.3. The summed E-state index contributed by atoms with van der Waals surface area (Å²) >= 11 is 0. The number of ether oxygens (including phenoxy) is 1. The number of aromatic nitrogens is 3. The molecule has 0 aliphatic rings. The largest absolute Gasteiger partial charge is 1.00 e. The van der Waals surface area contributed by atoms with Crippen LogP contribution in [0, 0.1) is 0 Å². The Morgan fingerprint density at radius 3 is 2.25 bits per heavy atom. The van der Waals surface area contributed by atoms with Crippen LogP contribution in [0.2, 0.25) is 0 Å². The van der Waals surface area contributed by atoms with Gasteiger partial charge in [0.15, 0.2) is 0 Å². The molecule has 0 atom stereocenters. The van der Waals surface area contributed by atoms with Gasteiger partial charge >= 0.3 is 22.4 Å². The van der Waals surface area contributed by atoms with Gasteiger partial charge in [0.25, 0.3) is 0 Å². The van der Waals surface area contributed by atoms with Gasteiger partial charge in [0.2, 0.25) is 0 Å². The summed E-state index contributed by atoms with van der Waals surface area (Å²) in [5.74, 6) is 0. The summed E-state index contributed by atoms with van der Waals surface area (Å²) < 4.78 is 4.83. The van der Waals surface area contributed by atoms with Gasteiger partial charge < -0.3 is 14.9 Å². The van der Waals surface area contributed by atoms with Crippen LogP contribution in [-0.4, -0.2) is 37.1 Å². The molecule has 0 unspecified atom stereocenters. The van der Waals surface area contributed by atoms with Gasteiger partial charge in [-0.3, -0.25) is 5.21 Å². The average Bonchev–Trinajstić information content (AvgIpc) is 2.41. The normalized spacial score (nSPS) is 8.33. The molecular weight excluding hydrogens is 358 g/mol. The minimum atomic E-state index is 0. The summed E-state index contributed by atoms with van der Waals surface area (Å²) in [6.07, 6.45) is 4.00. The Morgan fingerprint density at radius 1 is 1.50 bits per heavy atom. The van der Waals surface area contributed by atoms with Gasteiger partial charge in [-0.1, -0.05) is 20.3 Å². The van der Waals surface area contributed by atoms with Crippen LogP contribution in [0.15, 0.2) is 12.4 Å². The summed E-state index contributed by atoms with van der Waals surface area (Å²) in [5, 5.41) is 9.94. The molecule has 1 rings (SSSR count). The van der Waals surface area contributed by atoms with Crippen LogP contribution >= 0.6 is 7.92 Å². The summed E-state index contributed by atoms with van der Waals surface area (Å²) in [7, 11) is 1.92. The molecule has 0 N–H and O–H groups in total. The first kappa shape index (κ1) is 14.8. The Bertz CT molecular complexity index is 131. The summed E-state index contributed by atoms with van der Waals surface area (Å²) in [6, 6.07) is 0. The van der Waals surface area contributed by atoms with Gasteiger partial charge in [0.05, 0.1) is 6.35 Å². The Balaban J connectivity index is 0. The molecule has 0 aliphatic heterocycles. The van der Waals surface area contributed by atoms with Crippen LogP contribution in [0.4, 0.5) is 0 Å². The van der Waals surface area contributed by atoms with E-state index in [1.54, 1.807) is 7.11 Å². The molecule has 0 amide bonds. The van der Waals surface area contributed by atoms with E-state index in [1.165, 1.54) is 12.4 Å². The van der Waals surface area contributed by atoms with E-state index in [-0.39, 0.29) is 30.3 Å². The van der Waals surface area contributed by atoms with E-state index < -0.39 is 0 Å². The van der Waals surface area contributed by atoms with Crippen molar-refractivity contribution in [3.05, 3.63) is 12.4 Å². The Hall–Kier alpha value is 0.270. The van der Waals surface area contributed by atoms with Crippen LogP contribution in [0.5, 0.6) is 0 Å². The van der Waals surface area contributed by atoms with Crippen molar-refractivity contribution in [2.45, 2.75) is 0 Å². The minimum Gasteiger partial charge on any atom is -0.380 e. The molecule has 0 fully saturated rings. The molecular formula is C6H13AuN3OP. The van der Waals surface area contributed by atoms with Crippen molar-refractivity contribution >= 4 is 7.92 Å². The smallest absolute Gasteiger partial charge is 0.380 e. The first-order valence-electron chi connectivity index (χ1n) is 3.16. The molecule has 0 spiro atoms. The van der Waals surface area contributed by atoms with E-state index in [1.807, 2.05) is 0 Å². The van der Waals surface area contributed by atoms with Gasteiger partial charge in [0, 0.05) is 7.11 Å². The molecule has 0 saturated carbocycles. The second-order valence-electron chi connectivity index (χ2n) is 2.12. The van der Waals surface area contributed by atoms with Crippen LogP contribution < -0.4 is 5.10 Å². The number of rotatable bonds is 2. The maximum atomic E-state index is 4.83. The molecule has 1 aromatic heterocycles. The maximum absolute atomic E-state index is 4.83. The average molecular weight is 371 g/mol. The topological polar surface area (TPSA) is 49.1 Å². The number of nitrogens with zero attached hydrogens (tertiary/aromatic N) is 3. The number of methoxy groups -OCH3 is 1. The molecule has 12 heavy (non-hydrogen) atoms. The number of hydrogen-bond donors (Lipinski definition) is 0. The van der Waals surface area contributed by atoms with Gasteiger partial charge in [-0.25, -0.2) is 0 Å². The predicted octanol–water partition coefficient (Wildman–Crippen LogP) is 0.763. The van der Waals surface area contributed by atoms with E-state index >= 15 is 0 Å². The molecule has 0 radical (unpaired) electrons. The number of hydrogen-bond acceptors (Lipinski definition) is 3. The van der Waals surface area contributed by atoms with Crippen LogP contribution in [0.1, 0.15) is 0 Å². The van der Waals surface area contributed by atoms with Crippen LogP contribution in [0.25, 0.3) is 0 Å². The van der Waals surface area contributed by atoms with Gasteiger partial charge in [0.1, 0.15) is 0 Å². The third-order valence-electron chi connectivity index (χ3n) is 0.691. The first-order chi connectivity index (χ1) is 5.27. The summed E-state index contributed by atoms with van der Waals surface area (Å²) in [5.41, 5.74) is 0. The van der Waals surface area contributed by atoms with Gasteiger partial charge in [-0.15, -0.1) is 0 Å².